The summed E-state index contributed by atoms with van der Waals surface area (Å²) < 4.78 is 0. The second-order valence-corrected chi connectivity index (χ2v) is 2.98. The van der Waals surface area contributed by atoms with Gasteiger partial charge in [0.1, 0.15) is 0 Å². The van der Waals surface area contributed by atoms with Crippen molar-refractivity contribution in [3.05, 3.63) is 23.8 Å². The van der Waals surface area contributed by atoms with E-state index in [9.17, 15) is 0 Å². The van der Waals surface area contributed by atoms with Gasteiger partial charge in [0.15, 0.2) is 0 Å². The van der Waals surface area contributed by atoms with Gasteiger partial charge in [-0.1, -0.05) is 18.2 Å². The smallest absolute Gasteiger partial charge is 0.0310 e. The van der Waals surface area contributed by atoms with E-state index in [4.69, 9.17) is 0 Å². The van der Waals surface area contributed by atoms with Gasteiger partial charge in [-0.2, -0.15) is 0 Å². The van der Waals surface area contributed by atoms with Crippen LogP contribution in [0.25, 0.3) is 0 Å². The Morgan fingerprint density at radius 3 is 2.60 bits per heavy atom. The molecular formula is C9H15N. The summed E-state index contributed by atoms with van der Waals surface area (Å²) in [6.07, 6.45) is 7.82. The first-order valence-electron chi connectivity index (χ1n) is 3.75. The third-order valence-electron chi connectivity index (χ3n) is 2.06. The van der Waals surface area contributed by atoms with Crippen molar-refractivity contribution >= 4 is 0 Å². The molecule has 0 N–H and O–H groups in total. The molecule has 1 atom stereocenters. The Kier molecular flexibility index (Phi) is 2.28. The standard InChI is InChI=1S/C9H15N/c1-8(10(2)3)9-6-4-5-7-9/h4,6-8H,5H2,1-3H3/t8-/m1/s1. The molecule has 0 aromatic heterocycles. The summed E-state index contributed by atoms with van der Waals surface area (Å²) in [6, 6.07) is 0.568. The Morgan fingerprint density at radius 2 is 2.20 bits per heavy atom. The molecular weight excluding hydrogens is 122 g/mol. The molecule has 1 rings (SSSR count). The zero-order valence-electron chi connectivity index (χ0n) is 6.96. The Hall–Kier alpha value is -0.560. The van der Waals surface area contributed by atoms with Gasteiger partial charge in [0.05, 0.1) is 0 Å². The predicted octanol–water partition coefficient (Wildman–Crippen LogP) is 1.82. The van der Waals surface area contributed by atoms with Crippen molar-refractivity contribution in [3.63, 3.8) is 0 Å². The molecule has 0 aromatic carbocycles. The maximum atomic E-state index is 2.28. The van der Waals surface area contributed by atoms with E-state index in [1.807, 2.05) is 0 Å². The Labute approximate surface area is 63.0 Å². The van der Waals surface area contributed by atoms with Gasteiger partial charge in [-0.3, -0.25) is 0 Å². The summed E-state index contributed by atoms with van der Waals surface area (Å²) in [6.45, 7) is 2.22. The second-order valence-electron chi connectivity index (χ2n) is 2.98. The largest absolute Gasteiger partial charge is 0.303 e. The molecule has 0 aromatic rings. The zero-order valence-corrected chi connectivity index (χ0v) is 6.96. The van der Waals surface area contributed by atoms with E-state index in [0.29, 0.717) is 6.04 Å². The minimum atomic E-state index is 0.568. The number of hydrogen-bond acceptors (Lipinski definition) is 1. The molecule has 0 saturated heterocycles. The van der Waals surface area contributed by atoms with E-state index in [2.05, 4.69) is 44.1 Å². The van der Waals surface area contributed by atoms with Gasteiger partial charge in [-0.25, -0.2) is 0 Å². The van der Waals surface area contributed by atoms with Crippen LogP contribution in [-0.2, 0) is 0 Å². The Bertz CT molecular complexity index is 166. The van der Waals surface area contributed by atoms with Crippen LogP contribution in [0, 0.1) is 0 Å². The van der Waals surface area contributed by atoms with E-state index in [1.54, 1.807) is 0 Å². The number of allylic oxidation sites excluding steroid dienone is 2. The molecule has 1 heteroatoms. The van der Waals surface area contributed by atoms with Crippen molar-refractivity contribution in [2.24, 2.45) is 0 Å². The number of rotatable bonds is 2. The third-order valence-corrected chi connectivity index (χ3v) is 2.06. The van der Waals surface area contributed by atoms with Gasteiger partial charge in [0, 0.05) is 6.04 Å². The van der Waals surface area contributed by atoms with E-state index >= 15 is 0 Å². The fourth-order valence-corrected chi connectivity index (χ4v) is 1.08. The van der Waals surface area contributed by atoms with E-state index in [-0.39, 0.29) is 0 Å². The minimum absolute atomic E-state index is 0.568. The molecule has 10 heavy (non-hydrogen) atoms. The van der Waals surface area contributed by atoms with Crippen molar-refractivity contribution in [2.45, 2.75) is 19.4 Å². The van der Waals surface area contributed by atoms with E-state index in [1.165, 1.54) is 5.57 Å². The third kappa shape index (κ3) is 1.48. The summed E-state index contributed by atoms with van der Waals surface area (Å²) in [7, 11) is 4.22. The highest BCUT2D eigenvalue weighted by Gasteiger charge is 2.09. The number of nitrogens with zero attached hydrogens (tertiary/aromatic N) is 1. The molecule has 0 fully saturated rings. The maximum absolute atomic E-state index is 2.28. The molecule has 1 aliphatic carbocycles. The van der Waals surface area contributed by atoms with Crippen LogP contribution in [0.4, 0.5) is 0 Å². The van der Waals surface area contributed by atoms with Crippen molar-refractivity contribution < 1.29 is 0 Å². The van der Waals surface area contributed by atoms with Crippen LogP contribution in [0.5, 0.6) is 0 Å². The topological polar surface area (TPSA) is 3.24 Å². The fourth-order valence-electron chi connectivity index (χ4n) is 1.08. The molecule has 1 nitrogen and oxygen atoms in total. The van der Waals surface area contributed by atoms with Crippen molar-refractivity contribution in [1.82, 2.24) is 4.90 Å². The molecule has 0 unspecified atom stereocenters. The molecule has 1 aliphatic rings. The SMILES string of the molecule is C[C@H](C1=CCC=C1)N(C)C. The molecule has 0 radical (unpaired) electrons. The highest BCUT2D eigenvalue weighted by atomic mass is 15.1. The maximum Gasteiger partial charge on any atom is 0.0310 e. The molecule has 0 heterocycles. The van der Waals surface area contributed by atoms with Crippen LogP contribution >= 0.6 is 0 Å². The summed E-state index contributed by atoms with van der Waals surface area (Å²) in [5, 5.41) is 0. The molecule has 56 valence electrons. The first kappa shape index (κ1) is 7.55. The lowest BCUT2D eigenvalue weighted by Crippen LogP contribution is -2.25. The molecule has 0 saturated carbocycles. The lowest BCUT2D eigenvalue weighted by Gasteiger charge is -2.19. The van der Waals surface area contributed by atoms with Gasteiger partial charge >= 0.3 is 0 Å². The highest BCUT2D eigenvalue weighted by molar-refractivity contribution is 5.30. The lowest BCUT2D eigenvalue weighted by atomic mass is 10.1. The average Bonchev–Trinajstić information content (AvgIpc) is 2.36. The van der Waals surface area contributed by atoms with Crippen LogP contribution < -0.4 is 0 Å². The zero-order chi connectivity index (χ0) is 7.56. The summed E-state index contributed by atoms with van der Waals surface area (Å²) >= 11 is 0. The van der Waals surface area contributed by atoms with Gasteiger partial charge in [-0.05, 0) is 33.0 Å². The van der Waals surface area contributed by atoms with Crippen LogP contribution in [0.15, 0.2) is 23.8 Å². The average molecular weight is 137 g/mol. The summed E-state index contributed by atoms with van der Waals surface area (Å²) in [5.41, 5.74) is 1.45. The summed E-state index contributed by atoms with van der Waals surface area (Å²) in [5.74, 6) is 0. The minimum Gasteiger partial charge on any atom is -0.303 e. The van der Waals surface area contributed by atoms with Crippen LogP contribution in [0.2, 0.25) is 0 Å². The Balaban J connectivity index is 2.56. The normalized spacial score (nSPS) is 19.8. The second kappa shape index (κ2) is 3.02. The van der Waals surface area contributed by atoms with Gasteiger partial charge in [-0.15, -0.1) is 0 Å². The first-order valence-corrected chi connectivity index (χ1v) is 3.75. The van der Waals surface area contributed by atoms with Crippen LogP contribution in [0.3, 0.4) is 0 Å². The van der Waals surface area contributed by atoms with Crippen molar-refractivity contribution in [2.75, 3.05) is 14.1 Å². The summed E-state index contributed by atoms with van der Waals surface area (Å²) in [4.78, 5) is 2.22. The van der Waals surface area contributed by atoms with E-state index in [0.717, 1.165) is 6.42 Å². The van der Waals surface area contributed by atoms with E-state index < -0.39 is 0 Å². The lowest BCUT2D eigenvalue weighted by molar-refractivity contribution is 0.355. The molecule has 0 bridgehead atoms. The number of likely N-dealkylation sites (N-methyl/N-ethyl adjacent to an activating group) is 1. The van der Waals surface area contributed by atoms with Gasteiger partial charge in [0.2, 0.25) is 0 Å². The monoisotopic (exact) mass is 137 g/mol. The van der Waals surface area contributed by atoms with Gasteiger partial charge < -0.3 is 4.90 Å². The quantitative estimate of drug-likeness (QED) is 0.561. The highest BCUT2D eigenvalue weighted by Crippen LogP contribution is 2.15. The fraction of sp³-hybridized carbons (Fsp3) is 0.556. The van der Waals surface area contributed by atoms with Crippen LogP contribution in [0.1, 0.15) is 13.3 Å². The molecule has 0 aliphatic heterocycles. The van der Waals surface area contributed by atoms with Crippen LogP contribution in [-0.4, -0.2) is 25.0 Å². The Morgan fingerprint density at radius 1 is 1.50 bits per heavy atom. The molecule has 0 amide bonds. The van der Waals surface area contributed by atoms with Crippen molar-refractivity contribution in [1.29, 1.82) is 0 Å². The molecule has 0 spiro atoms. The van der Waals surface area contributed by atoms with Gasteiger partial charge in [0.25, 0.3) is 0 Å². The first-order chi connectivity index (χ1) is 4.72. The number of hydrogen-bond donors (Lipinski definition) is 0. The predicted molar refractivity (Wildman–Crippen MR) is 45.0 cm³/mol. The van der Waals surface area contributed by atoms with Crippen molar-refractivity contribution in [3.8, 4) is 0 Å².